The molecule has 0 spiro atoms. The maximum Gasteiger partial charge on any atom is 0.266 e. The average molecular weight is 386 g/mol. The molecular weight excluding hydrogens is 364 g/mol. The third kappa shape index (κ3) is 4.22. The number of rotatable bonds is 5. The number of methoxy groups -OCH3 is 2. The van der Waals surface area contributed by atoms with E-state index in [9.17, 15) is 10.1 Å². The lowest BCUT2D eigenvalue weighted by Gasteiger charge is -2.12. The van der Waals surface area contributed by atoms with Crippen LogP contribution in [0.15, 0.2) is 54.1 Å². The number of carbonyl (C=O) groups excluding carboxylic acids is 1. The second kappa shape index (κ2) is 8.49. The summed E-state index contributed by atoms with van der Waals surface area (Å²) < 4.78 is 10.8. The van der Waals surface area contributed by atoms with Crippen molar-refractivity contribution in [3.05, 3.63) is 70.8 Å². The smallest absolute Gasteiger partial charge is 0.266 e. The van der Waals surface area contributed by atoms with E-state index in [-0.39, 0.29) is 5.57 Å². The first-order valence-corrected chi connectivity index (χ1v) is 9.12. The molecule has 3 aromatic carbocycles. The van der Waals surface area contributed by atoms with Gasteiger partial charge in [0.05, 0.1) is 14.2 Å². The van der Waals surface area contributed by atoms with Crippen molar-refractivity contribution in [3.63, 3.8) is 0 Å². The Morgan fingerprint density at radius 3 is 2.45 bits per heavy atom. The largest absolute Gasteiger partial charge is 0.497 e. The Morgan fingerprint density at radius 2 is 1.79 bits per heavy atom. The summed E-state index contributed by atoms with van der Waals surface area (Å²) in [7, 11) is 3.15. The van der Waals surface area contributed by atoms with Crippen molar-refractivity contribution in [2.45, 2.75) is 13.8 Å². The minimum absolute atomic E-state index is 0.0152. The van der Waals surface area contributed by atoms with Crippen molar-refractivity contribution in [1.29, 1.82) is 5.26 Å². The Bertz CT molecular complexity index is 1150. The van der Waals surface area contributed by atoms with Crippen molar-refractivity contribution in [2.24, 2.45) is 0 Å². The molecular formula is C24H22N2O3. The van der Waals surface area contributed by atoms with Crippen LogP contribution in [0, 0.1) is 25.2 Å². The number of amides is 1. The van der Waals surface area contributed by atoms with Crippen LogP contribution >= 0.6 is 0 Å². The zero-order valence-corrected chi connectivity index (χ0v) is 16.9. The molecule has 0 aliphatic heterocycles. The minimum Gasteiger partial charge on any atom is -0.497 e. The molecule has 0 fully saturated rings. The van der Waals surface area contributed by atoms with Gasteiger partial charge in [0.1, 0.15) is 23.1 Å². The number of hydrogen-bond acceptors (Lipinski definition) is 4. The molecule has 29 heavy (non-hydrogen) atoms. The lowest BCUT2D eigenvalue weighted by molar-refractivity contribution is -0.112. The molecule has 3 aromatic rings. The van der Waals surface area contributed by atoms with E-state index in [0.717, 1.165) is 21.9 Å². The van der Waals surface area contributed by atoms with Gasteiger partial charge in [-0.25, -0.2) is 0 Å². The summed E-state index contributed by atoms with van der Waals surface area (Å²) in [4.78, 5) is 12.8. The van der Waals surface area contributed by atoms with Gasteiger partial charge < -0.3 is 14.8 Å². The van der Waals surface area contributed by atoms with Crippen LogP contribution in [0.25, 0.3) is 16.8 Å². The monoisotopic (exact) mass is 386 g/mol. The molecule has 0 aliphatic carbocycles. The number of carbonyl (C=O) groups is 1. The first-order chi connectivity index (χ1) is 14.0. The molecule has 146 valence electrons. The molecule has 0 aromatic heterocycles. The summed E-state index contributed by atoms with van der Waals surface area (Å²) in [5, 5.41) is 14.2. The van der Waals surface area contributed by atoms with Gasteiger partial charge in [-0.1, -0.05) is 29.8 Å². The number of fused-ring (bicyclic) bond motifs is 1. The number of benzene rings is 3. The van der Waals surface area contributed by atoms with Crippen LogP contribution in [-0.2, 0) is 4.79 Å². The van der Waals surface area contributed by atoms with Gasteiger partial charge in [-0.15, -0.1) is 0 Å². The second-order valence-electron chi connectivity index (χ2n) is 6.71. The van der Waals surface area contributed by atoms with Gasteiger partial charge in [0.2, 0.25) is 0 Å². The molecule has 0 saturated carbocycles. The average Bonchev–Trinajstić information content (AvgIpc) is 2.73. The highest BCUT2D eigenvalue weighted by molar-refractivity contribution is 6.11. The number of hydrogen-bond donors (Lipinski definition) is 1. The number of ether oxygens (including phenoxy) is 2. The van der Waals surface area contributed by atoms with Crippen molar-refractivity contribution in [1.82, 2.24) is 0 Å². The van der Waals surface area contributed by atoms with Gasteiger partial charge in [-0.2, -0.15) is 5.26 Å². The first-order valence-electron chi connectivity index (χ1n) is 9.12. The molecule has 0 bridgehead atoms. The normalized spacial score (nSPS) is 11.1. The van der Waals surface area contributed by atoms with E-state index in [1.807, 2.05) is 68.4 Å². The molecule has 5 heteroatoms. The highest BCUT2D eigenvalue weighted by atomic mass is 16.5. The van der Waals surface area contributed by atoms with Crippen LogP contribution in [0.4, 0.5) is 5.69 Å². The Morgan fingerprint density at radius 1 is 1.03 bits per heavy atom. The number of aryl methyl sites for hydroxylation is 2. The van der Waals surface area contributed by atoms with E-state index in [1.165, 1.54) is 0 Å². The van der Waals surface area contributed by atoms with Crippen molar-refractivity contribution in [3.8, 4) is 17.6 Å². The van der Waals surface area contributed by atoms with E-state index in [0.29, 0.717) is 22.7 Å². The predicted octanol–water partition coefficient (Wildman–Crippen LogP) is 5.02. The quantitative estimate of drug-likeness (QED) is 0.494. The summed E-state index contributed by atoms with van der Waals surface area (Å²) in [6, 6.07) is 17.1. The fraction of sp³-hybridized carbons (Fsp3) is 0.167. The maximum absolute atomic E-state index is 12.8. The highest BCUT2D eigenvalue weighted by Crippen LogP contribution is 2.32. The van der Waals surface area contributed by atoms with Crippen LogP contribution < -0.4 is 14.8 Å². The SMILES string of the molecule is COc1ccc2ccc(OC)c(/C=C(\C#N)C(=O)Nc3ccc(C)cc3C)c2c1. The van der Waals surface area contributed by atoms with Gasteiger partial charge in [-0.3, -0.25) is 4.79 Å². The molecule has 0 saturated heterocycles. The number of nitrogens with zero attached hydrogens (tertiary/aromatic N) is 1. The van der Waals surface area contributed by atoms with Crippen LogP contribution in [-0.4, -0.2) is 20.1 Å². The second-order valence-corrected chi connectivity index (χ2v) is 6.71. The molecule has 0 aliphatic rings. The molecule has 0 unspecified atom stereocenters. The van der Waals surface area contributed by atoms with E-state index in [2.05, 4.69) is 5.32 Å². The van der Waals surface area contributed by atoms with E-state index < -0.39 is 5.91 Å². The fourth-order valence-electron chi connectivity index (χ4n) is 3.19. The predicted molar refractivity (Wildman–Crippen MR) is 115 cm³/mol. The molecule has 0 radical (unpaired) electrons. The molecule has 3 rings (SSSR count). The van der Waals surface area contributed by atoms with Gasteiger partial charge in [-0.05, 0) is 60.5 Å². The van der Waals surface area contributed by atoms with Crippen LogP contribution in [0.2, 0.25) is 0 Å². The zero-order chi connectivity index (χ0) is 21.0. The first kappa shape index (κ1) is 20.0. The molecule has 1 N–H and O–H groups in total. The summed E-state index contributed by atoms with van der Waals surface area (Å²) in [5.41, 5.74) is 3.34. The van der Waals surface area contributed by atoms with Crippen molar-refractivity contribution < 1.29 is 14.3 Å². The summed E-state index contributed by atoms with van der Waals surface area (Å²) in [6.07, 6.45) is 1.56. The highest BCUT2D eigenvalue weighted by Gasteiger charge is 2.14. The lowest BCUT2D eigenvalue weighted by atomic mass is 10.0. The van der Waals surface area contributed by atoms with Crippen molar-refractivity contribution in [2.75, 3.05) is 19.5 Å². The standard InChI is InChI=1S/C24H22N2O3/c1-15-5-9-22(16(2)11-15)26-24(27)18(14-25)12-21-20-13-19(28-3)8-6-17(20)7-10-23(21)29-4/h5-13H,1-4H3,(H,26,27)/b18-12+. The van der Waals surface area contributed by atoms with Crippen molar-refractivity contribution >= 4 is 28.4 Å². The Labute approximate surface area is 170 Å². The molecule has 0 atom stereocenters. The summed E-state index contributed by atoms with van der Waals surface area (Å²) in [5.74, 6) is 0.776. The van der Waals surface area contributed by atoms with Gasteiger partial charge in [0.25, 0.3) is 5.91 Å². The summed E-state index contributed by atoms with van der Waals surface area (Å²) in [6.45, 7) is 3.90. The summed E-state index contributed by atoms with van der Waals surface area (Å²) >= 11 is 0. The lowest BCUT2D eigenvalue weighted by Crippen LogP contribution is -2.14. The Kier molecular flexibility index (Phi) is 5.85. The Hall–Kier alpha value is -3.78. The maximum atomic E-state index is 12.8. The number of nitrogens with one attached hydrogen (secondary N) is 1. The van der Waals surface area contributed by atoms with Gasteiger partial charge in [0, 0.05) is 11.3 Å². The van der Waals surface area contributed by atoms with Gasteiger partial charge in [0.15, 0.2) is 0 Å². The molecule has 0 heterocycles. The van der Waals surface area contributed by atoms with E-state index in [4.69, 9.17) is 9.47 Å². The van der Waals surface area contributed by atoms with E-state index in [1.54, 1.807) is 20.3 Å². The topological polar surface area (TPSA) is 71.3 Å². The van der Waals surface area contributed by atoms with Gasteiger partial charge >= 0.3 is 0 Å². The zero-order valence-electron chi connectivity index (χ0n) is 16.9. The number of anilines is 1. The minimum atomic E-state index is -0.471. The van der Waals surface area contributed by atoms with Crippen LogP contribution in [0.5, 0.6) is 11.5 Å². The molecule has 5 nitrogen and oxygen atoms in total. The molecule has 1 amide bonds. The van der Waals surface area contributed by atoms with Crippen LogP contribution in [0.3, 0.4) is 0 Å². The third-order valence-electron chi connectivity index (χ3n) is 4.73. The third-order valence-corrected chi connectivity index (χ3v) is 4.73. The fourth-order valence-corrected chi connectivity index (χ4v) is 3.19. The Balaban J connectivity index is 2.07. The van der Waals surface area contributed by atoms with E-state index >= 15 is 0 Å². The van der Waals surface area contributed by atoms with Crippen LogP contribution in [0.1, 0.15) is 16.7 Å². The number of nitriles is 1.